The molecule has 0 fully saturated rings. The second-order valence-electron chi connectivity index (χ2n) is 6.41. The molecule has 0 heterocycles. The molecular weight excluding hydrogens is 408 g/mol. The highest BCUT2D eigenvalue weighted by Crippen LogP contribution is 2.36. The first-order chi connectivity index (χ1) is 14.5. The lowest BCUT2D eigenvalue weighted by Crippen LogP contribution is -2.16. The third kappa shape index (κ3) is 5.51. The monoisotopic (exact) mass is 429 g/mol. The van der Waals surface area contributed by atoms with E-state index in [0.29, 0.717) is 17.2 Å². The van der Waals surface area contributed by atoms with E-state index in [9.17, 15) is 13.6 Å². The van der Waals surface area contributed by atoms with Crippen LogP contribution in [0.4, 0.5) is 14.5 Å². The van der Waals surface area contributed by atoms with Crippen molar-refractivity contribution in [1.29, 1.82) is 0 Å². The van der Waals surface area contributed by atoms with Crippen LogP contribution in [0.2, 0.25) is 0 Å². The van der Waals surface area contributed by atoms with Crippen molar-refractivity contribution >= 4 is 23.4 Å². The number of carbonyl (C=O) groups excluding carboxylic acids is 1. The molecular formula is C23H21F2NO3S. The van der Waals surface area contributed by atoms with Crippen molar-refractivity contribution in [2.75, 3.05) is 25.3 Å². The van der Waals surface area contributed by atoms with Crippen LogP contribution in [0.1, 0.15) is 16.4 Å². The fourth-order valence-electron chi connectivity index (χ4n) is 2.92. The summed E-state index contributed by atoms with van der Waals surface area (Å²) in [6.07, 6.45) is 0. The number of carbonyl (C=O) groups is 1. The summed E-state index contributed by atoms with van der Waals surface area (Å²) in [5, 5.41) is 2.57. The number of benzene rings is 3. The summed E-state index contributed by atoms with van der Waals surface area (Å²) in [6, 6.07) is 17.3. The van der Waals surface area contributed by atoms with Gasteiger partial charge in [-0.3, -0.25) is 4.79 Å². The van der Waals surface area contributed by atoms with Gasteiger partial charge < -0.3 is 14.8 Å². The van der Waals surface area contributed by atoms with Gasteiger partial charge in [0.05, 0.1) is 30.9 Å². The third-order valence-electron chi connectivity index (χ3n) is 4.41. The molecule has 0 unspecified atom stereocenters. The van der Waals surface area contributed by atoms with Crippen LogP contribution in [0.5, 0.6) is 11.5 Å². The molecule has 0 radical (unpaired) electrons. The number of methoxy groups -OCH3 is 2. The Bertz CT molecular complexity index is 949. The van der Waals surface area contributed by atoms with E-state index in [1.54, 1.807) is 49.6 Å². The number of hydrogen-bond donors (Lipinski definition) is 1. The van der Waals surface area contributed by atoms with Crippen LogP contribution in [-0.4, -0.2) is 25.9 Å². The minimum absolute atomic E-state index is 0.125. The molecule has 0 spiro atoms. The van der Waals surface area contributed by atoms with Gasteiger partial charge in [-0.05, 0) is 47.5 Å². The number of rotatable bonds is 8. The topological polar surface area (TPSA) is 47.6 Å². The van der Waals surface area contributed by atoms with Gasteiger partial charge in [-0.15, -0.1) is 11.8 Å². The molecule has 1 N–H and O–H groups in total. The Kier molecular flexibility index (Phi) is 7.30. The second kappa shape index (κ2) is 10.1. The predicted molar refractivity (Wildman–Crippen MR) is 115 cm³/mol. The first-order valence-corrected chi connectivity index (χ1v) is 10.2. The average Bonchev–Trinajstić information content (AvgIpc) is 2.76. The van der Waals surface area contributed by atoms with Gasteiger partial charge in [-0.1, -0.05) is 24.3 Å². The van der Waals surface area contributed by atoms with E-state index in [-0.39, 0.29) is 28.5 Å². The molecule has 0 saturated carbocycles. The molecule has 0 aliphatic rings. The number of anilines is 1. The summed E-state index contributed by atoms with van der Waals surface area (Å²) in [5.74, 6) is 0.312. The zero-order chi connectivity index (χ0) is 21.5. The van der Waals surface area contributed by atoms with Gasteiger partial charge in [-0.2, -0.15) is 0 Å². The molecule has 3 rings (SSSR count). The number of thioether (sulfide) groups is 1. The van der Waals surface area contributed by atoms with Crippen LogP contribution in [0.3, 0.4) is 0 Å². The third-order valence-corrected chi connectivity index (χ3v) is 5.71. The summed E-state index contributed by atoms with van der Waals surface area (Å²) >= 11 is 1.36. The molecule has 1 amide bonds. The van der Waals surface area contributed by atoms with E-state index < -0.39 is 0 Å². The Morgan fingerprint density at radius 3 is 1.97 bits per heavy atom. The molecule has 4 nitrogen and oxygen atoms in total. The zero-order valence-corrected chi connectivity index (χ0v) is 17.3. The van der Waals surface area contributed by atoms with Gasteiger partial charge in [0.2, 0.25) is 5.91 Å². The fraction of sp³-hybridized carbons (Fsp3) is 0.174. The maximum absolute atomic E-state index is 13.4. The molecule has 0 saturated heterocycles. The Morgan fingerprint density at radius 2 is 1.47 bits per heavy atom. The van der Waals surface area contributed by atoms with Gasteiger partial charge in [0, 0.05) is 6.07 Å². The molecule has 156 valence electrons. The van der Waals surface area contributed by atoms with Crippen LogP contribution >= 0.6 is 11.8 Å². The molecule has 7 heteroatoms. The fourth-order valence-corrected chi connectivity index (χ4v) is 4.01. The second-order valence-corrected chi connectivity index (χ2v) is 7.50. The number of nitrogens with one attached hydrogen (secondary N) is 1. The first-order valence-electron chi connectivity index (χ1n) is 9.14. The largest absolute Gasteiger partial charge is 0.497 e. The molecule has 0 atom stereocenters. The van der Waals surface area contributed by atoms with Crippen LogP contribution in [0.25, 0.3) is 0 Å². The quantitative estimate of drug-likeness (QED) is 0.518. The lowest BCUT2D eigenvalue weighted by atomic mass is 10.0. The van der Waals surface area contributed by atoms with Gasteiger partial charge >= 0.3 is 0 Å². The van der Waals surface area contributed by atoms with Gasteiger partial charge in [-0.25, -0.2) is 8.78 Å². The van der Waals surface area contributed by atoms with Crippen LogP contribution in [-0.2, 0) is 4.79 Å². The van der Waals surface area contributed by atoms with Gasteiger partial charge in [0.1, 0.15) is 23.1 Å². The number of amides is 1. The summed E-state index contributed by atoms with van der Waals surface area (Å²) < 4.78 is 37.2. The molecule has 30 heavy (non-hydrogen) atoms. The van der Waals surface area contributed by atoms with E-state index in [1.807, 2.05) is 0 Å². The van der Waals surface area contributed by atoms with E-state index in [2.05, 4.69) is 5.32 Å². The molecule has 0 aliphatic carbocycles. The normalized spacial score (nSPS) is 10.7. The molecule has 0 aliphatic heterocycles. The molecule has 3 aromatic rings. The Hall–Kier alpha value is -3.06. The highest BCUT2D eigenvalue weighted by Gasteiger charge is 2.18. The van der Waals surface area contributed by atoms with E-state index in [4.69, 9.17) is 9.47 Å². The predicted octanol–water partition coefficient (Wildman–Crippen LogP) is 5.44. The van der Waals surface area contributed by atoms with Gasteiger partial charge in [0.25, 0.3) is 0 Å². The molecule has 0 bridgehead atoms. The van der Waals surface area contributed by atoms with Crippen molar-refractivity contribution in [3.8, 4) is 11.5 Å². The summed E-state index contributed by atoms with van der Waals surface area (Å²) in [7, 11) is 3.06. The minimum atomic E-state index is -0.343. The highest BCUT2D eigenvalue weighted by atomic mass is 32.2. The highest BCUT2D eigenvalue weighted by molar-refractivity contribution is 8.00. The van der Waals surface area contributed by atoms with Crippen LogP contribution < -0.4 is 14.8 Å². The summed E-state index contributed by atoms with van der Waals surface area (Å²) in [6.45, 7) is 0. The average molecular weight is 429 g/mol. The van der Waals surface area contributed by atoms with E-state index in [1.165, 1.54) is 43.1 Å². The summed E-state index contributed by atoms with van der Waals surface area (Å²) in [5.41, 5.74) is 2.14. The standard InChI is InChI=1S/C23H21F2NO3S/c1-28-19-11-12-21(29-2)20(13-19)26-22(27)14-30-23(15-3-7-17(24)8-4-15)16-5-9-18(25)10-6-16/h3-13,23H,14H2,1-2H3,(H,26,27). The maximum Gasteiger partial charge on any atom is 0.234 e. The lowest BCUT2D eigenvalue weighted by molar-refractivity contribution is -0.113. The summed E-state index contributed by atoms with van der Waals surface area (Å²) in [4.78, 5) is 12.6. The molecule has 3 aromatic carbocycles. The minimum Gasteiger partial charge on any atom is -0.497 e. The Labute approximate surface area is 178 Å². The smallest absolute Gasteiger partial charge is 0.234 e. The number of ether oxygens (including phenoxy) is 2. The van der Waals surface area contributed by atoms with Crippen molar-refractivity contribution in [2.45, 2.75) is 5.25 Å². The molecule has 0 aromatic heterocycles. The van der Waals surface area contributed by atoms with Gasteiger partial charge in [0.15, 0.2) is 0 Å². The van der Waals surface area contributed by atoms with Crippen molar-refractivity contribution in [3.05, 3.63) is 89.5 Å². The van der Waals surface area contributed by atoms with Crippen molar-refractivity contribution in [2.24, 2.45) is 0 Å². The van der Waals surface area contributed by atoms with Crippen LogP contribution in [0, 0.1) is 11.6 Å². The lowest BCUT2D eigenvalue weighted by Gasteiger charge is -2.18. The maximum atomic E-state index is 13.4. The van der Waals surface area contributed by atoms with Crippen LogP contribution in [0.15, 0.2) is 66.7 Å². The SMILES string of the molecule is COc1ccc(OC)c(NC(=O)CSC(c2ccc(F)cc2)c2ccc(F)cc2)c1. The Morgan fingerprint density at radius 1 is 0.900 bits per heavy atom. The van der Waals surface area contributed by atoms with E-state index in [0.717, 1.165) is 11.1 Å². The first kappa shape index (κ1) is 21.6. The number of hydrogen-bond acceptors (Lipinski definition) is 4. The Balaban J connectivity index is 1.76. The van der Waals surface area contributed by atoms with Crippen molar-refractivity contribution < 1.29 is 23.0 Å². The van der Waals surface area contributed by atoms with Crippen molar-refractivity contribution in [3.63, 3.8) is 0 Å². The van der Waals surface area contributed by atoms with Crippen molar-refractivity contribution in [1.82, 2.24) is 0 Å². The number of halogens is 2. The van der Waals surface area contributed by atoms with E-state index >= 15 is 0 Å². The zero-order valence-electron chi connectivity index (χ0n) is 16.5.